The smallest absolute Gasteiger partial charge is 0.364 e. The quantitative estimate of drug-likeness (QED) is 0.894. The Hall–Kier alpha value is -1.15. The number of nitrogens with one attached hydrogen (secondary N) is 1. The van der Waals surface area contributed by atoms with Crippen LogP contribution in [-0.4, -0.2) is 29.5 Å². The van der Waals surface area contributed by atoms with Gasteiger partial charge in [-0.25, -0.2) is 0 Å². The summed E-state index contributed by atoms with van der Waals surface area (Å²) in [4.78, 5) is 4.12. The fraction of sp³-hybridized carbons (Fsp3) is 0.818. The Morgan fingerprint density at radius 2 is 2.26 bits per heavy atom. The van der Waals surface area contributed by atoms with Crippen molar-refractivity contribution in [3.05, 3.63) is 11.7 Å². The van der Waals surface area contributed by atoms with E-state index >= 15 is 0 Å². The van der Waals surface area contributed by atoms with Gasteiger partial charge in [0.2, 0.25) is 5.89 Å². The normalized spacial score (nSPS) is 24.0. The molecule has 1 N–H and O–H groups in total. The van der Waals surface area contributed by atoms with Crippen LogP contribution in [0.1, 0.15) is 37.9 Å². The van der Waals surface area contributed by atoms with Crippen LogP contribution in [0.4, 0.5) is 13.2 Å². The highest BCUT2D eigenvalue weighted by molar-refractivity contribution is 5.06. The van der Waals surface area contributed by atoms with E-state index in [2.05, 4.69) is 20.2 Å². The number of hydrogen-bond acceptors (Lipinski definition) is 5. The van der Waals surface area contributed by atoms with Gasteiger partial charge < -0.3 is 14.6 Å². The Balaban J connectivity index is 1.95. The molecule has 1 saturated heterocycles. The first-order chi connectivity index (χ1) is 8.95. The molecular weight excluding hydrogens is 263 g/mol. The third kappa shape index (κ3) is 3.44. The van der Waals surface area contributed by atoms with Gasteiger partial charge in [-0.3, -0.25) is 0 Å². The fourth-order valence-corrected chi connectivity index (χ4v) is 2.21. The van der Waals surface area contributed by atoms with Gasteiger partial charge in [0.05, 0.1) is 5.54 Å². The maximum Gasteiger partial charge on any atom is 0.411 e. The van der Waals surface area contributed by atoms with Crippen LogP contribution >= 0.6 is 0 Å². The van der Waals surface area contributed by atoms with Gasteiger partial charge in [0.1, 0.15) is 13.2 Å². The monoisotopic (exact) mass is 279 g/mol. The molecule has 1 unspecified atom stereocenters. The minimum absolute atomic E-state index is 0.140. The van der Waals surface area contributed by atoms with Crippen LogP contribution in [0, 0.1) is 0 Å². The van der Waals surface area contributed by atoms with Crippen molar-refractivity contribution in [1.82, 2.24) is 15.5 Å². The average Bonchev–Trinajstić information content (AvgIpc) is 2.95. The van der Waals surface area contributed by atoms with Crippen molar-refractivity contribution in [2.24, 2.45) is 0 Å². The van der Waals surface area contributed by atoms with Gasteiger partial charge in [-0.2, -0.15) is 18.2 Å². The minimum Gasteiger partial charge on any atom is -0.364 e. The summed E-state index contributed by atoms with van der Waals surface area (Å²) in [5.74, 6) is 0.568. The van der Waals surface area contributed by atoms with Gasteiger partial charge in [-0.05, 0) is 25.8 Å². The molecule has 19 heavy (non-hydrogen) atoms. The first-order valence-electron chi connectivity index (χ1n) is 6.18. The summed E-state index contributed by atoms with van der Waals surface area (Å²) in [6.45, 7) is 1.26. The number of hydrogen-bond donors (Lipinski definition) is 1. The Morgan fingerprint density at radius 3 is 2.84 bits per heavy atom. The van der Waals surface area contributed by atoms with Crippen molar-refractivity contribution < 1.29 is 22.4 Å². The Kier molecular flexibility index (Phi) is 4.10. The van der Waals surface area contributed by atoms with E-state index in [0.29, 0.717) is 5.89 Å². The van der Waals surface area contributed by atoms with Gasteiger partial charge in [0, 0.05) is 0 Å². The predicted molar refractivity (Wildman–Crippen MR) is 59.2 cm³/mol. The van der Waals surface area contributed by atoms with E-state index in [1.807, 2.05) is 6.92 Å². The lowest BCUT2D eigenvalue weighted by Crippen LogP contribution is -2.36. The molecule has 1 aliphatic rings. The summed E-state index contributed by atoms with van der Waals surface area (Å²) in [7, 11) is 0. The van der Waals surface area contributed by atoms with E-state index in [4.69, 9.17) is 4.52 Å². The molecule has 2 rings (SSSR count). The molecule has 2 heterocycles. The van der Waals surface area contributed by atoms with E-state index in [1.165, 1.54) is 0 Å². The second-order valence-electron chi connectivity index (χ2n) is 4.59. The van der Waals surface area contributed by atoms with Crippen molar-refractivity contribution in [2.45, 2.75) is 44.5 Å². The van der Waals surface area contributed by atoms with Crippen LogP contribution in [0.5, 0.6) is 0 Å². The Morgan fingerprint density at radius 1 is 1.47 bits per heavy atom. The second-order valence-corrected chi connectivity index (χ2v) is 4.59. The standard InChI is InChI=1S/C11H16F3N3O2/c1-2-10(4-3-5-15-10)9-16-8(17-19-9)6-18-7-11(12,13)14/h15H,2-7H2,1H3. The van der Waals surface area contributed by atoms with Crippen molar-refractivity contribution in [3.63, 3.8) is 0 Å². The molecular formula is C11H16F3N3O2. The highest BCUT2D eigenvalue weighted by atomic mass is 19.4. The van der Waals surface area contributed by atoms with Crippen LogP contribution in [0.2, 0.25) is 0 Å². The van der Waals surface area contributed by atoms with Crippen LogP contribution < -0.4 is 5.32 Å². The first-order valence-corrected chi connectivity index (χ1v) is 6.18. The van der Waals surface area contributed by atoms with Crippen LogP contribution in [0.25, 0.3) is 0 Å². The maximum atomic E-state index is 11.9. The molecule has 0 radical (unpaired) electrons. The summed E-state index contributed by atoms with van der Waals surface area (Å²) < 4.78 is 45.4. The third-order valence-electron chi connectivity index (χ3n) is 3.22. The Bertz CT molecular complexity index is 414. The molecule has 1 atom stereocenters. The number of nitrogens with zero attached hydrogens (tertiary/aromatic N) is 2. The van der Waals surface area contributed by atoms with Crippen molar-refractivity contribution >= 4 is 0 Å². The molecule has 0 saturated carbocycles. The highest BCUT2D eigenvalue weighted by Crippen LogP contribution is 2.32. The summed E-state index contributed by atoms with van der Waals surface area (Å²) in [5, 5.41) is 6.97. The molecule has 0 amide bonds. The van der Waals surface area contributed by atoms with Crippen LogP contribution in [0.15, 0.2) is 4.52 Å². The van der Waals surface area contributed by atoms with Gasteiger partial charge in [-0.1, -0.05) is 12.1 Å². The van der Waals surface area contributed by atoms with Crippen LogP contribution in [-0.2, 0) is 16.9 Å². The highest BCUT2D eigenvalue weighted by Gasteiger charge is 2.39. The molecule has 108 valence electrons. The maximum absolute atomic E-state index is 11.9. The lowest BCUT2D eigenvalue weighted by atomic mass is 9.94. The lowest BCUT2D eigenvalue weighted by Gasteiger charge is -2.22. The zero-order valence-corrected chi connectivity index (χ0v) is 10.6. The van der Waals surface area contributed by atoms with Crippen molar-refractivity contribution in [1.29, 1.82) is 0 Å². The number of aromatic nitrogens is 2. The van der Waals surface area contributed by atoms with Gasteiger partial charge in [-0.15, -0.1) is 0 Å². The van der Waals surface area contributed by atoms with Gasteiger partial charge in [0.15, 0.2) is 5.82 Å². The van der Waals surface area contributed by atoms with E-state index in [9.17, 15) is 13.2 Å². The van der Waals surface area contributed by atoms with Crippen molar-refractivity contribution in [2.75, 3.05) is 13.2 Å². The topological polar surface area (TPSA) is 60.2 Å². The van der Waals surface area contributed by atoms with E-state index in [-0.39, 0.29) is 18.0 Å². The third-order valence-corrected chi connectivity index (χ3v) is 3.22. The lowest BCUT2D eigenvalue weighted by molar-refractivity contribution is -0.177. The second kappa shape index (κ2) is 5.46. The minimum atomic E-state index is -4.34. The zero-order valence-electron chi connectivity index (χ0n) is 10.6. The van der Waals surface area contributed by atoms with E-state index in [0.717, 1.165) is 25.8 Å². The summed E-state index contributed by atoms with van der Waals surface area (Å²) >= 11 is 0. The molecule has 0 bridgehead atoms. The number of halogens is 3. The molecule has 0 aromatic carbocycles. The molecule has 8 heteroatoms. The Labute approximate surface area is 108 Å². The molecule has 1 aliphatic heterocycles. The molecule has 0 spiro atoms. The number of alkyl halides is 3. The van der Waals surface area contributed by atoms with Crippen LogP contribution in [0.3, 0.4) is 0 Å². The SMILES string of the molecule is CCC1(c2nc(COCC(F)(F)F)no2)CCCN1. The molecule has 1 aromatic rings. The summed E-state index contributed by atoms with van der Waals surface area (Å²) in [5.41, 5.74) is -0.338. The predicted octanol–water partition coefficient (Wildman–Crippen LogP) is 2.14. The number of rotatable bonds is 5. The molecule has 0 aliphatic carbocycles. The number of ether oxygens (including phenoxy) is 1. The fourth-order valence-electron chi connectivity index (χ4n) is 2.21. The summed E-state index contributed by atoms with van der Waals surface area (Å²) in [6, 6.07) is 0. The largest absolute Gasteiger partial charge is 0.411 e. The molecule has 1 fully saturated rings. The van der Waals surface area contributed by atoms with E-state index in [1.54, 1.807) is 0 Å². The first kappa shape index (κ1) is 14.3. The summed E-state index contributed by atoms with van der Waals surface area (Å²) in [6.07, 6.45) is -1.66. The zero-order chi connectivity index (χ0) is 13.9. The van der Waals surface area contributed by atoms with Gasteiger partial charge >= 0.3 is 6.18 Å². The average molecular weight is 279 g/mol. The van der Waals surface area contributed by atoms with E-state index < -0.39 is 12.8 Å². The van der Waals surface area contributed by atoms with Gasteiger partial charge in [0.25, 0.3) is 0 Å². The molecule has 1 aromatic heterocycles. The molecule has 5 nitrogen and oxygen atoms in total. The van der Waals surface area contributed by atoms with Crippen molar-refractivity contribution in [3.8, 4) is 0 Å².